The van der Waals surface area contributed by atoms with Crippen molar-refractivity contribution in [3.05, 3.63) is 0 Å². The molecular weight excluding hydrogens is 154 g/mol. The van der Waals surface area contributed by atoms with Gasteiger partial charge >= 0.3 is 0 Å². The number of aliphatic hydroxyl groups is 1. The minimum absolute atomic E-state index is 0.142. The molecule has 3 heteroatoms. The van der Waals surface area contributed by atoms with E-state index >= 15 is 0 Å². The summed E-state index contributed by atoms with van der Waals surface area (Å²) in [7, 11) is 4.45. The van der Waals surface area contributed by atoms with E-state index in [0.29, 0.717) is 18.2 Å². The Morgan fingerprint density at radius 1 is 1.25 bits per heavy atom. The predicted molar refractivity (Wildman–Crippen MR) is 43.6 cm³/mol. The molecule has 4 fully saturated rings. The highest BCUT2D eigenvalue weighted by atomic mass is 16.5. The predicted octanol–water partition coefficient (Wildman–Crippen LogP) is -0.264. The van der Waals surface area contributed by atoms with Crippen LogP contribution in [0.25, 0.3) is 0 Å². The number of quaternary nitrogens is 1. The normalized spacial score (nSPS) is 59.8. The van der Waals surface area contributed by atoms with E-state index in [1.54, 1.807) is 0 Å². The zero-order valence-electron chi connectivity index (χ0n) is 7.60. The molecular formula is C9H16NO2+. The number of rotatable bonds is 0. The molecule has 5 atom stereocenters. The van der Waals surface area contributed by atoms with Gasteiger partial charge in [0.25, 0.3) is 0 Å². The molecule has 4 saturated heterocycles. The molecule has 68 valence electrons. The number of nitrogens with zero attached hydrogens (tertiary/aromatic N) is 1. The first-order valence-corrected chi connectivity index (χ1v) is 4.77. The van der Waals surface area contributed by atoms with E-state index in [-0.39, 0.29) is 12.2 Å². The fourth-order valence-electron chi connectivity index (χ4n) is 3.42. The average molecular weight is 170 g/mol. The third-order valence-electron chi connectivity index (χ3n) is 4.18. The maximum Gasteiger partial charge on any atom is 0.141 e. The maximum absolute atomic E-state index is 9.90. The van der Waals surface area contributed by atoms with Gasteiger partial charge < -0.3 is 14.3 Å². The molecule has 12 heavy (non-hydrogen) atoms. The minimum Gasteiger partial charge on any atom is -0.384 e. The average Bonchev–Trinajstić information content (AvgIpc) is 2.39. The monoisotopic (exact) mass is 170 g/mol. The van der Waals surface area contributed by atoms with Crippen LogP contribution in [0.2, 0.25) is 0 Å². The Labute approximate surface area is 72.5 Å². The van der Waals surface area contributed by atoms with Gasteiger partial charge in [0, 0.05) is 12.8 Å². The van der Waals surface area contributed by atoms with Gasteiger partial charge in [-0.15, -0.1) is 0 Å². The van der Waals surface area contributed by atoms with Crippen molar-refractivity contribution in [1.82, 2.24) is 0 Å². The van der Waals surface area contributed by atoms with Crippen LogP contribution in [0.3, 0.4) is 0 Å². The van der Waals surface area contributed by atoms with Crippen LogP contribution < -0.4 is 0 Å². The van der Waals surface area contributed by atoms with Crippen molar-refractivity contribution >= 4 is 0 Å². The van der Waals surface area contributed by atoms with Gasteiger partial charge in [-0.1, -0.05) is 0 Å². The fourth-order valence-corrected chi connectivity index (χ4v) is 3.42. The van der Waals surface area contributed by atoms with E-state index in [1.165, 1.54) is 0 Å². The van der Waals surface area contributed by atoms with Gasteiger partial charge in [0.1, 0.15) is 24.3 Å². The quantitative estimate of drug-likeness (QED) is 0.507. The molecule has 4 aliphatic heterocycles. The standard InChI is InChI=1S/C9H16NO2/c1-10(2)6-3-5-4-7(10)9(12-5)8(6)11/h5-9,11H,3-4H2,1-2H3/q+1/t5-,6-,7?,8-,9-/m0/s1. The van der Waals surface area contributed by atoms with Crippen LogP contribution in [0, 0.1) is 0 Å². The van der Waals surface area contributed by atoms with Crippen molar-refractivity contribution in [3.63, 3.8) is 0 Å². The first-order valence-electron chi connectivity index (χ1n) is 4.77. The van der Waals surface area contributed by atoms with Gasteiger partial charge in [-0.05, 0) is 0 Å². The Balaban J connectivity index is 2.06. The first-order chi connectivity index (χ1) is 5.60. The summed E-state index contributed by atoms with van der Waals surface area (Å²) in [4.78, 5) is 0. The SMILES string of the molecule is C[N+]1(C)C2C[C@@H]3C[C@H]1[C@H](O)[C@H]2O3. The van der Waals surface area contributed by atoms with Gasteiger partial charge in [-0.25, -0.2) is 0 Å². The molecule has 0 aromatic rings. The molecule has 4 heterocycles. The largest absolute Gasteiger partial charge is 0.384 e. The molecule has 0 saturated carbocycles. The summed E-state index contributed by atoms with van der Waals surface area (Å²) in [6.07, 6.45) is 2.61. The second-order valence-electron chi connectivity index (χ2n) is 4.95. The summed E-state index contributed by atoms with van der Waals surface area (Å²) in [5.41, 5.74) is 0. The van der Waals surface area contributed by atoms with Crippen molar-refractivity contribution in [1.29, 1.82) is 0 Å². The van der Waals surface area contributed by atoms with E-state index in [2.05, 4.69) is 14.1 Å². The number of aliphatic hydroxyl groups excluding tert-OH is 1. The smallest absolute Gasteiger partial charge is 0.141 e. The Morgan fingerprint density at radius 3 is 2.50 bits per heavy atom. The zero-order valence-corrected chi connectivity index (χ0v) is 7.60. The highest BCUT2D eigenvalue weighted by Gasteiger charge is 2.66. The van der Waals surface area contributed by atoms with Crippen LogP contribution in [0.4, 0.5) is 0 Å². The molecule has 0 aliphatic carbocycles. The zero-order chi connectivity index (χ0) is 8.51. The van der Waals surface area contributed by atoms with E-state index < -0.39 is 0 Å². The van der Waals surface area contributed by atoms with Gasteiger partial charge in [0.05, 0.1) is 20.2 Å². The summed E-state index contributed by atoms with van der Waals surface area (Å²) in [5.74, 6) is 0. The number of likely N-dealkylation sites (N-methyl/N-ethyl adjacent to an activating group) is 1. The molecule has 0 spiro atoms. The summed E-state index contributed by atoms with van der Waals surface area (Å²) in [6.45, 7) is 0. The lowest BCUT2D eigenvalue weighted by molar-refractivity contribution is -0.930. The van der Waals surface area contributed by atoms with Crippen molar-refractivity contribution < 1.29 is 14.3 Å². The van der Waals surface area contributed by atoms with Crippen LogP contribution in [0.5, 0.6) is 0 Å². The van der Waals surface area contributed by atoms with E-state index in [4.69, 9.17) is 4.74 Å². The van der Waals surface area contributed by atoms with Gasteiger partial charge in [-0.2, -0.15) is 0 Å². The van der Waals surface area contributed by atoms with Crippen LogP contribution in [-0.2, 0) is 4.74 Å². The van der Waals surface area contributed by atoms with Crippen LogP contribution in [-0.4, -0.2) is 54.1 Å². The molecule has 1 N–H and O–H groups in total. The Morgan fingerprint density at radius 2 is 1.92 bits per heavy atom. The summed E-state index contributed by atoms with van der Waals surface area (Å²) >= 11 is 0. The van der Waals surface area contributed by atoms with Crippen LogP contribution >= 0.6 is 0 Å². The number of piperidine rings is 1. The van der Waals surface area contributed by atoms with Crippen molar-refractivity contribution in [2.75, 3.05) is 14.1 Å². The Hall–Kier alpha value is -0.120. The van der Waals surface area contributed by atoms with Crippen LogP contribution in [0.1, 0.15) is 12.8 Å². The molecule has 1 unspecified atom stereocenters. The summed E-state index contributed by atoms with van der Waals surface area (Å²) in [6, 6.07) is 0.997. The maximum atomic E-state index is 9.90. The van der Waals surface area contributed by atoms with Crippen molar-refractivity contribution in [2.24, 2.45) is 0 Å². The summed E-state index contributed by atoms with van der Waals surface area (Å²) < 4.78 is 6.71. The first kappa shape index (κ1) is 7.30. The van der Waals surface area contributed by atoms with E-state index in [0.717, 1.165) is 17.3 Å². The molecule has 0 radical (unpaired) electrons. The topological polar surface area (TPSA) is 29.5 Å². The number of hydrogen-bond donors (Lipinski definition) is 1. The van der Waals surface area contributed by atoms with Crippen molar-refractivity contribution in [3.8, 4) is 0 Å². The number of hydrogen-bond acceptors (Lipinski definition) is 2. The second kappa shape index (κ2) is 1.86. The lowest BCUT2D eigenvalue weighted by atomic mass is 9.98. The molecule has 0 aromatic heterocycles. The Bertz CT molecular complexity index is 225. The third-order valence-corrected chi connectivity index (χ3v) is 4.18. The van der Waals surface area contributed by atoms with Gasteiger partial charge in [0.2, 0.25) is 0 Å². The highest BCUT2D eigenvalue weighted by molar-refractivity contribution is 5.04. The molecule has 4 bridgehead atoms. The lowest BCUT2D eigenvalue weighted by Gasteiger charge is -2.41. The highest BCUT2D eigenvalue weighted by Crippen LogP contribution is 2.48. The second-order valence-corrected chi connectivity index (χ2v) is 4.95. The van der Waals surface area contributed by atoms with E-state index in [9.17, 15) is 5.11 Å². The Kier molecular flexibility index (Phi) is 1.13. The molecule has 4 rings (SSSR count). The van der Waals surface area contributed by atoms with Gasteiger partial charge in [-0.3, -0.25) is 0 Å². The van der Waals surface area contributed by atoms with Crippen molar-refractivity contribution in [2.45, 2.75) is 43.2 Å². The molecule has 3 nitrogen and oxygen atoms in total. The van der Waals surface area contributed by atoms with Crippen LogP contribution in [0.15, 0.2) is 0 Å². The summed E-state index contributed by atoms with van der Waals surface area (Å²) in [5, 5.41) is 9.90. The fraction of sp³-hybridized carbons (Fsp3) is 1.00. The van der Waals surface area contributed by atoms with E-state index in [1.807, 2.05) is 0 Å². The molecule has 0 amide bonds. The molecule has 4 aliphatic rings. The number of ether oxygens (including phenoxy) is 1. The molecule has 0 aromatic carbocycles. The van der Waals surface area contributed by atoms with Gasteiger partial charge in [0.15, 0.2) is 0 Å². The third kappa shape index (κ3) is 0.605. The minimum atomic E-state index is -0.205. The lowest BCUT2D eigenvalue weighted by Crippen LogP contribution is -2.56.